The molecule has 1 amide bonds. The highest BCUT2D eigenvalue weighted by Gasteiger charge is 2.65. The largest absolute Gasteiger partial charge is 0.370 e. The first-order chi connectivity index (χ1) is 17.2. The van der Waals surface area contributed by atoms with Crippen LogP contribution < -0.4 is 5.73 Å². The van der Waals surface area contributed by atoms with E-state index in [2.05, 4.69) is 27.7 Å². The molecule has 6 nitrogen and oxygen atoms in total. The van der Waals surface area contributed by atoms with Crippen molar-refractivity contribution in [2.24, 2.45) is 58.0 Å². The summed E-state index contributed by atoms with van der Waals surface area (Å²) in [6.07, 6.45) is 11.7. The molecular weight excluding hydrogens is 454 g/mol. The van der Waals surface area contributed by atoms with Gasteiger partial charge in [0.1, 0.15) is 13.6 Å². The number of carbonyl (C=O) groups is 1. The van der Waals surface area contributed by atoms with Crippen molar-refractivity contribution >= 4 is 5.91 Å². The van der Waals surface area contributed by atoms with Gasteiger partial charge in [0, 0.05) is 20.6 Å². The monoisotopic (exact) mass is 507 g/mol. The number of primary amides is 1. The third kappa shape index (κ3) is 5.01. The second-order valence-corrected chi connectivity index (χ2v) is 13.2. The molecule has 4 fully saturated rings. The summed E-state index contributed by atoms with van der Waals surface area (Å²) >= 11 is 0. The number of nitrogens with two attached hydrogens (primary N) is 1. The average molecular weight is 508 g/mol. The molecule has 11 atom stereocenters. The van der Waals surface area contributed by atoms with Gasteiger partial charge < -0.3 is 24.7 Å². The maximum atomic E-state index is 11.5. The standard InChI is InChI=1S/C30H53NO5/c1-7-21-25-16-20(35-17-33-5)12-14-30(25,4)24-13-15-29(3)22(19(2)8-11-26(31)32)9-10-23(29)27(24)28(21)36-18-34-6/h19-25,27-28H,7-18H2,1-6H3,(H2,31,32)/t19-,20-,21-,22-,23+,24+,25+,27+,28-,29-,30-/m1/s1. The number of hydrogen-bond acceptors (Lipinski definition) is 5. The van der Waals surface area contributed by atoms with Crippen molar-refractivity contribution < 1.29 is 23.7 Å². The number of rotatable bonds is 11. The number of hydrogen-bond donors (Lipinski definition) is 1. The Bertz CT molecular complexity index is 747. The smallest absolute Gasteiger partial charge is 0.217 e. The molecule has 0 saturated heterocycles. The van der Waals surface area contributed by atoms with Gasteiger partial charge in [0.05, 0.1) is 12.2 Å². The predicted octanol–water partition coefficient (Wildman–Crippen LogP) is 5.77. The first-order valence-corrected chi connectivity index (χ1v) is 14.7. The van der Waals surface area contributed by atoms with Crippen LogP contribution in [0.1, 0.15) is 91.9 Å². The van der Waals surface area contributed by atoms with Gasteiger partial charge in [0.15, 0.2) is 0 Å². The molecule has 0 aromatic heterocycles. The van der Waals surface area contributed by atoms with Crippen molar-refractivity contribution in [3.63, 3.8) is 0 Å². The van der Waals surface area contributed by atoms with Gasteiger partial charge >= 0.3 is 0 Å². The zero-order valence-corrected chi connectivity index (χ0v) is 23.8. The molecule has 0 spiro atoms. The van der Waals surface area contributed by atoms with Gasteiger partial charge in [0.2, 0.25) is 5.91 Å². The SMILES string of the molecule is CC[C@H]1[C@@H](OCOC)[C@@H]2[C@H](CC[C@]3(C)[C@@H]([C@H](C)CCC(N)=O)CC[C@@H]23)[C@@]2(C)CC[C@@H](OCOC)C[C@@H]12. The lowest BCUT2D eigenvalue weighted by atomic mass is 9.41. The number of methoxy groups -OCH3 is 2. The quantitative estimate of drug-likeness (QED) is 0.359. The fraction of sp³-hybridized carbons (Fsp3) is 0.967. The third-order valence-electron chi connectivity index (χ3n) is 11.7. The molecule has 4 saturated carbocycles. The van der Waals surface area contributed by atoms with Crippen molar-refractivity contribution in [1.29, 1.82) is 0 Å². The zero-order valence-electron chi connectivity index (χ0n) is 23.8. The molecule has 0 unspecified atom stereocenters. The summed E-state index contributed by atoms with van der Waals surface area (Å²) in [7, 11) is 3.46. The van der Waals surface area contributed by atoms with E-state index in [4.69, 9.17) is 24.7 Å². The molecule has 0 heterocycles. The third-order valence-corrected chi connectivity index (χ3v) is 11.7. The van der Waals surface area contributed by atoms with Gasteiger partial charge in [-0.15, -0.1) is 0 Å². The maximum Gasteiger partial charge on any atom is 0.217 e. The Morgan fingerprint density at radius 2 is 1.61 bits per heavy atom. The number of fused-ring (bicyclic) bond motifs is 5. The number of carbonyl (C=O) groups excluding carboxylic acids is 1. The maximum absolute atomic E-state index is 11.5. The van der Waals surface area contributed by atoms with E-state index in [9.17, 15) is 4.79 Å². The number of amides is 1. The molecule has 0 aliphatic heterocycles. The first kappa shape index (κ1) is 28.3. The Morgan fingerprint density at radius 1 is 0.944 bits per heavy atom. The molecule has 0 aromatic carbocycles. The summed E-state index contributed by atoms with van der Waals surface area (Å²) in [4.78, 5) is 11.5. The lowest BCUT2D eigenvalue weighted by Gasteiger charge is -2.65. The van der Waals surface area contributed by atoms with E-state index in [1.165, 1.54) is 32.1 Å². The highest BCUT2D eigenvalue weighted by molar-refractivity contribution is 5.73. The van der Waals surface area contributed by atoms with Crippen molar-refractivity contribution in [2.75, 3.05) is 27.8 Å². The van der Waals surface area contributed by atoms with E-state index in [0.717, 1.165) is 25.7 Å². The molecule has 0 bridgehead atoms. The van der Waals surface area contributed by atoms with Crippen LogP contribution in [0.3, 0.4) is 0 Å². The van der Waals surface area contributed by atoms with Crippen molar-refractivity contribution in [3.8, 4) is 0 Å². The average Bonchev–Trinajstić information content (AvgIpc) is 3.21. The highest BCUT2D eigenvalue weighted by atomic mass is 16.7. The minimum Gasteiger partial charge on any atom is -0.370 e. The molecule has 36 heavy (non-hydrogen) atoms. The van der Waals surface area contributed by atoms with Crippen LogP contribution in [0.15, 0.2) is 0 Å². The topological polar surface area (TPSA) is 80.0 Å². The van der Waals surface area contributed by atoms with Gasteiger partial charge in [-0.05, 0) is 104 Å². The van der Waals surface area contributed by atoms with Gasteiger partial charge in [0.25, 0.3) is 0 Å². The Kier molecular flexibility index (Phi) is 9.12. The molecule has 4 aliphatic carbocycles. The summed E-state index contributed by atoms with van der Waals surface area (Å²) < 4.78 is 23.6. The first-order valence-electron chi connectivity index (χ1n) is 14.7. The molecule has 2 N–H and O–H groups in total. The van der Waals surface area contributed by atoms with E-state index < -0.39 is 0 Å². The highest BCUT2D eigenvalue weighted by Crippen LogP contribution is 2.70. The van der Waals surface area contributed by atoms with Crippen LogP contribution in [0.2, 0.25) is 0 Å². The molecular formula is C30H53NO5. The summed E-state index contributed by atoms with van der Waals surface area (Å²) in [6, 6.07) is 0. The Balaban J connectivity index is 1.63. The molecule has 4 rings (SSSR count). The lowest BCUT2D eigenvalue weighted by molar-refractivity contribution is -0.239. The normalized spacial score (nSPS) is 44.9. The van der Waals surface area contributed by atoms with Crippen LogP contribution in [-0.4, -0.2) is 45.9 Å². The lowest BCUT2D eigenvalue weighted by Crippen LogP contribution is -2.63. The van der Waals surface area contributed by atoms with Gasteiger partial charge in [-0.25, -0.2) is 0 Å². The van der Waals surface area contributed by atoms with Gasteiger partial charge in [-0.3, -0.25) is 4.79 Å². The van der Waals surface area contributed by atoms with E-state index in [0.29, 0.717) is 72.3 Å². The fourth-order valence-electron chi connectivity index (χ4n) is 10.1. The van der Waals surface area contributed by atoms with Crippen LogP contribution in [0.25, 0.3) is 0 Å². The summed E-state index contributed by atoms with van der Waals surface area (Å²) in [5.41, 5.74) is 6.17. The van der Waals surface area contributed by atoms with Crippen LogP contribution in [-0.2, 0) is 23.7 Å². The van der Waals surface area contributed by atoms with E-state index in [1.54, 1.807) is 14.2 Å². The zero-order chi connectivity index (χ0) is 26.1. The van der Waals surface area contributed by atoms with Crippen LogP contribution in [0.4, 0.5) is 0 Å². The molecule has 6 heteroatoms. The molecule has 4 aliphatic rings. The Hall–Kier alpha value is -0.690. The minimum absolute atomic E-state index is 0.166. The van der Waals surface area contributed by atoms with E-state index >= 15 is 0 Å². The van der Waals surface area contributed by atoms with Crippen molar-refractivity contribution in [3.05, 3.63) is 0 Å². The van der Waals surface area contributed by atoms with Gasteiger partial charge in [-0.1, -0.05) is 34.1 Å². The van der Waals surface area contributed by atoms with Crippen LogP contribution in [0.5, 0.6) is 0 Å². The summed E-state index contributed by atoms with van der Waals surface area (Å²) in [6.45, 7) is 10.7. The number of ether oxygens (including phenoxy) is 4. The van der Waals surface area contributed by atoms with E-state index in [1.807, 2.05) is 0 Å². The molecule has 0 aromatic rings. The molecule has 0 radical (unpaired) electrons. The fourth-order valence-corrected chi connectivity index (χ4v) is 10.1. The van der Waals surface area contributed by atoms with Crippen molar-refractivity contribution in [2.45, 2.75) is 104 Å². The second-order valence-electron chi connectivity index (χ2n) is 13.2. The predicted molar refractivity (Wildman–Crippen MR) is 141 cm³/mol. The van der Waals surface area contributed by atoms with Gasteiger partial charge in [-0.2, -0.15) is 0 Å². The van der Waals surface area contributed by atoms with E-state index in [-0.39, 0.29) is 18.1 Å². The Labute approximate surface area is 219 Å². The summed E-state index contributed by atoms with van der Waals surface area (Å²) in [5.74, 6) is 4.10. The summed E-state index contributed by atoms with van der Waals surface area (Å²) in [5, 5.41) is 0. The molecule has 208 valence electrons. The van der Waals surface area contributed by atoms with Crippen LogP contribution >= 0.6 is 0 Å². The minimum atomic E-state index is -0.166. The van der Waals surface area contributed by atoms with Crippen molar-refractivity contribution in [1.82, 2.24) is 0 Å². The second kappa shape index (κ2) is 11.6. The van der Waals surface area contributed by atoms with Crippen LogP contribution in [0, 0.1) is 52.3 Å². The Morgan fingerprint density at radius 3 is 2.28 bits per heavy atom.